The van der Waals surface area contributed by atoms with Crippen LogP contribution < -0.4 is 15.5 Å². The molecule has 2 saturated heterocycles. The third-order valence-electron chi connectivity index (χ3n) is 5.98. The lowest BCUT2D eigenvalue weighted by molar-refractivity contribution is -0.115. The molecule has 0 atom stereocenters. The zero-order valence-corrected chi connectivity index (χ0v) is 20.2. The van der Waals surface area contributed by atoms with Crippen LogP contribution in [0.4, 0.5) is 10.7 Å². The number of hydrogen-bond donors (Lipinski definition) is 2. The predicted octanol–water partition coefficient (Wildman–Crippen LogP) is 4.54. The van der Waals surface area contributed by atoms with Gasteiger partial charge in [-0.2, -0.15) is 0 Å². The summed E-state index contributed by atoms with van der Waals surface area (Å²) in [5.41, 5.74) is 3.21. The highest BCUT2D eigenvalue weighted by atomic mass is 32.2. The molecule has 1 aromatic carbocycles. The van der Waals surface area contributed by atoms with Crippen molar-refractivity contribution in [1.82, 2.24) is 20.6 Å². The van der Waals surface area contributed by atoms with E-state index in [1.807, 2.05) is 0 Å². The summed E-state index contributed by atoms with van der Waals surface area (Å²) in [6.07, 6.45) is 5.49. The lowest BCUT2D eigenvalue weighted by Crippen LogP contribution is -2.38. The fourth-order valence-corrected chi connectivity index (χ4v) is 5.58. The van der Waals surface area contributed by atoms with Crippen molar-refractivity contribution in [2.24, 2.45) is 5.92 Å². The van der Waals surface area contributed by atoms with Gasteiger partial charge in [-0.3, -0.25) is 14.9 Å². The van der Waals surface area contributed by atoms with E-state index < -0.39 is 0 Å². The number of aromatic nitrogens is 2. The van der Waals surface area contributed by atoms with Crippen LogP contribution in [-0.4, -0.2) is 40.7 Å². The van der Waals surface area contributed by atoms with E-state index in [4.69, 9.17) is 0 Å². The number of nitrogens with zero attached hydrogens (tertiary/aromatic N) is 3. The highest BCUT2D eigenvalue weighted by molar-refractivity contribution is 8.18. The van der Waals surface area contributed by atoms with Crippen LogP contribution in [0.1, 0.15) is 24.1 Å². The van der Waals surface area contributed by atoms with Gasteiger partial charge in [-0.15, -0.1) is 11.3 Å². The molecule has 0 aliphatic carbocycles. The summed E-state index contributed by atoms with van der Waals surface area (Å²) in [5, 5.41) is 7.66. The first-order valence-electron chi connectivity index (χ1n) is 11.3. The number of carbonyl (C=O) groups is 2. The second-order valence-electron chi connectivity index (χ2n) is 8.37. The normalized spacial score (nSPS) is 18.0. The molecule has 0 radical (unpaired) electrons. The van der Waals surface area contributed by atoms with Crippen molar-refractivity contribution in [2.45, 2.75) is 19.4 Å². The van der Waals surface area contributed by atoms with Crippen LogP contribution in [0.3, 0.4) is 0 Å². The molecule has 0 unspecified atom stereocenters. The van der Waals surface area contributed by atoms with Gasteiger partial charge in [0, 0.05) is 30.7 Å². The Morgan fingerprint density at radius 1 is 1.15 bits per heavy atom. The minimum absolute atomic E-state index is 0.351. The van der Waals surface area contributed by atoms with Crippen LogP contribution in [0.2, 0.25) is 0 Å². The Balaban J connectivity index is 1.11. The van der Waals surface area contributed by atoms with Crippen molar-refractivity contribution in [3.8, 4) is 10.4 Å². The number of rotatable bonds is 7. The van der Waals surface area contributed by atoms with E-state index in [1.54, 1.807) is 29.7 Å². The van der Waals surface area contributed by atoms with Gasteiger partial charge in [0.25, 0.3) is 11.1 Å². The van der Waals surface area contributed by atoms with Gasteiger partial charge in [-0.25, -0.2) is 9.97 Å². The molecule has 2 N–H and O–H groups in total. The summed E-state index contributed by atoms with van der Waals surface area (Å²) in [5.74, 6) is 0.911. The van der Waals surface area contributed by atoms with Gasteiger partial charge in [0.1, 0.15) is 0 Å². The van der Waals surface area contributed by atoms with E-state index in [1.165, 1.54) is 16.0 Å². The van der Waals surface area contributed by atoms with Gasteiger partial charge in [-0.05, 0) is 77.8 Å². The highest BCUT2D eigenvalue weighted by Gasteiger charge is 2.25. The molecule has 5 rings (SSSR count). The fraction of sp³-hybridized carbons (Fsp3) is 0.280. The molecule has 4 heterocycles. The molecule has 7 nitrogen and oxygen atoms in total. The van der Waals surface area contributed by atoms with Crippen molar-refractivity contribution in [3.05, 3.63) is 70.2 Å². The van der Waals surface area contributed by atoms with E-state index in [0.29, 0.717) is 22.5 Å². The minimum atomic E-state index is -0.373. The van der Waals surface area contributed by atoms with Crippen molar-refractivity contribution in [2.75, 3.05) is 24.5 Å². The van der Waals surface area contributed by atoms with Crippen molar-refractivity contribution < 1.29 is 9.59 Å². The number of thiophene rings is 1. The quantitative estimate of drug-likeness (QED) is 0.469. The summed E-state index contributed by atoms with van der Waals surface area (Å²) >= 11 is 2.66. The molecular weight excluding hydrogens is 466 g/mol. The number of nitrogens with one attached hydrogen (secondary N) is 2. The number of hydrogen-bond acceptors (Lipinski definition) is 8. The number of benzene rings is 1. The third kappa shape index (κ3) is 5.55. The van der Waals surface area contributed by atoms with E-state index in [-0.39, 0.29) is 11.1 Å². The van der Waals surface area contributed by atoms with Crippen molar-refractivity contribution in [3.63, 3.8) is 0 Å². The van der Waals surface area contributed by atoms with Crippen molar-refractivity contribution in [1.29, 1.82) is 0 Å². The summed E-state index contributed by atoms with van der Waals surface area (Å²) < 4.78 is 0. The van der Waals surface area contributed by atoms with Gasteiger partial charge in [0.2, 0.25) is 5.95 Å². The van der Waals surface area contributed by atoms with Gasteiger partial charge < -0.3 is 10.2 Å². The molecule has 2 amide bonds. The standard InChI is InChI=1S/C25H25N5O2S2/c31-23-22(34-25(32)29-23)14-20-6-9-27-24(28-20)30-10-7-17(8-11-30)15-26-16-18-3-1-4-19(13-18)21-5-2-12-33-21/h1-6,9,12-14,17,26H,7-8,10-11,15-16H2,(H,29,31,32). The summed E-state index contributed by atoms with van der Waals surface area (Å²) in [7, 11) is 0. The van der Waals surface area contributed by atoms with E-state index in [2.05, 4.69) is 67.3 Å². The Morgan fingerprint density at radius 3 is 2.79 bits per heavy atom. The molecule has 174 valence electrons. The average Bonchev–Trinajstić information content (AvgIpc) is 3.50. The van der Waals surface area contributed by atoms with Gasteiger partial charge in [0.15, 0.2) is 0 Å². The zero-order chi connectivity index (χ0) is 23.3. The zero-order valence-electron chi connectivity index (χ0n) is 18.6. The molecule has 0 spiro atoms. The van der Waals surface area contributed by atoms with E-state index in [0.717, 1.165) is 50.8 Å². The van der Waals surface area contributed by atoms with Gasteiger partial charge >= 0.3 is 0 Å². The van der Waals surface area contributed by atoms with Crippen LogP contribution in [0.5, 0.6) is 0 Å². The summed E-state index contributed by atoms with van der Waals surface area (Å²) in [4.78, 5) is 36.0. The second kappa shape index (κ2) is 10.5. The SMILES string of the molecule is O=C1NC(=O)C(=Cc2ccnc(N3CCC(CNCc4cccc(-c5cccs5)c4)CC3)n2)S1. The maximum absolute atomic E-state index is 11.8. The average molecular weight is 492 g/mol. The number of imide groups is 1. The molecule has 2 aliphatic rings. The number of carbonyl (C=O) groups excluding carboxylic acids is 2. The minimum Gasteiger partial charge on any atom is -0.341 e. The number of anilines is 1. The Morgan fingerprint density at radius 2 is 2.03 bits per heavy atom. The Labute approximate surface area is 206 Å². The first-order chi connectivity index (χ1) is 16.6. The Bertz CT molecular complexity index is 1200. The fourth-order valence-electron chi connectivity index (χ4n) is 4.19. The molecule has 0 saturated carbocycles. The van der Waals surface area contributed by atoms with Crippen LogP contribution >= 0.6 is 23.1 Å². The largest absolute Gasteiger partial charge is 0.341 e. The summed E-state index contributed by atoms with van der Waals surface area (Å²) in [6, 6.07) is 14.7. The molecule has 9 heteroatoms. The topological polar surface area (TPSA) is 87.2 Å². The predicted molar refractivity (Wildman–Crippen MR) is 138 cm³/mol. The lowest BCUT2D eigenvalue weighted by atomic mass is 9.97. The van der Waals surface area contributed by atoms with Crippen LogP contribution in [0.25, 0.3) is 16.5 Å². The molecule has 2 fully saturated rings. The van der Waals surface area contributed by atoms with Crippen molar-refractivity contribution >= 4 is 46.3 Å². The smallest absolute Gasteiger partial charge is 0.290 e. The maximum Gasteiger partial charge on any atom is 0.290 e. The first kappa shape index (κ1) is 22.8. The van der Waals surface area contributed by atoms with Gasteiger partial charge in [0.05, 0.1) is 10.6 Å². The lowest BCUT2D eigenvalue weighted by Gasteiger charge is -2.32. The number of thioether (sulfide) groups is 1. The molecule has 2 aromatic heterocycles. The molecular formula is C25H25N5O2S2. The summed E-state index contributed by atoms with van der Waals surface area (Å²) in [6.45, 7) is 3.65. The number of amides is 2. The maximum atomic E-state index is 11.8. The molecule has 34 heavy (non-hydrogen) atoms. The first-order valence-corrected chi connectivity index (χ1v) is 13.0. The molecule has 0 bridgehead atoms. The van der Waals surface area contributed by atoms with Crippen LogP contribution in [0, 0.1) is 5.92 Å². The molecule has 2 aliphatic heterocycles. The van der Waals surface area contributed by atoms with Gasteiger partial charge in [-0.1, -0.05) is 24.3 Å². The third-order valence-corrected chi connectivity index (χ3v) is 7.71. The van der Waals surface area contributed by atoms with E-state index in [9.17, 15) is 9.59 Å². The van der Waals surface area contributed by atoms with E-state index >= 15 is 0 Å². The highest BCUT2D eigenvalue weighted by Crippen LogP contribution is 2.27. The Hall–Kier alpha value is -3.01. The number of piperidine rings is 1. The monoisotopic (exact) mass is 491 g/mol. The Kier molecular flexibility index (Phi) is 7.03. The molecule has 3 aromatic rings. The van der Waals surface area contributed by atoms with Crippen LogP contribution in [-0.2, 0) is 11.3 Å². The second-order valence-corrected chi connectivity index (χ2v) is 10.3. The van der Waals surface area contributed by atoms with Crippen LogP contribution in [0.15, 0.2) is 58.9 Å².